The molecule has 72 heavy (non-hydrogen) atoms. The van der Waals surface area contributed by atoms with Crippen LogP contribution in [0.5, 0.6) is 0 Å². The van der Waals surface area contributed by atoms with E-state index in [1.54, 1.807) is 24.1 Å². The van der Waals surface area contributed by atoms with E-state index in [0.717, 1.165) is 127 Å². The molecule has 0 saturated heterocycles. The van der Waals surface area contributed by atoms with Crippen molar-refractivity contribution in [3.05, 3.63) is 0 Å². The molecule has 0 heterocycles. The summed E-state index contributed by atoms with van der Waals surface area (Å²) in [5, 5.41) is 0. The van der Waals surface area contributed by atoms with E-state index in [4.69, 9.17) is 54.9 Å². The first kappa shape index (κ1) is 71.4. The predicted molar refractivity (Wildman–Crippen MR) is 317 cm³/mol. The molecule has 0 aromatic carbocycles. The summed E-state index contributed by atoms with van der Waals surface area (Å²) in [7, 11) is -5.91. The van der Waals surface area contributed by atoms with Crippen LogP contribution < -0.4 is 0 Å². The Labute approximate surface area is 454 Å². The molecular formula is C54H112N6O8S2Si2. The van der Waals surface area contributed by atoms with Crippen molar-refractivity contribution in [1.29, 1.82) is 0 Å². The zero-order chi connectivity index (χ0) is 53.9. The van der Waals surface area contributed by atoms with Gasteiger partial charge in [-0.1, -0.05) is 55.4 Å². The molecule has 0 radical (unpaired) electrons. The van der Waals surface area contributed by atoms with Crippen molar-refractivity contribution in [2.75, 3.05) is 130 Å². The molecule has 0 saturated carbocycles. The topological polar surface area (TPSA) is 130 Å². The molecule has 0 unspecified atom stereocenters. The van der Waals surface area contributed by atoms with Gasteiger partial charge in [0.1, 0.15) is 0 Å². The molecule has 0 aromatic rings. The Morgan fingerprint density at radius 3 is 0.944 bits per heavy atom. The summed E-state index contributed by atoms with van der Waals surface area (Å²) in [6.45, 7) is 46.7. The SMILES string of the molecule is CCO[Si](CCC/N=C(\C)CC(C)C)(OCC)OCCN(CCO[Si](CCC/N=C(\C)CC(C)C)(OCC)OCC)CCN(CCOSCCC/N=C(\C)CC(C)C)CCOSCCC/N=C(\C)CC(C)C. The molecule has 0 N–H and O–H groups in total. The van der Waals surface area contributed by atoms with Crippen LogP contribution in [0.1, 0.15) is 162 Å². The number of aliphatic imine (C=N–C) groups is 4. The van der Waals surface area contributed by atoms with Crippen molar-refractivity contribution in [1.82, 2.24) is 9.80 Å². The van der Waals surface area contributed by atoms with Crippen LogP contribution in [0.4, 0.5) is 0 Å². The third-order valence-electron chi connectivity index (χ3n) is 11.2. The van der Waals surface area contributed by atoms with E-state index in [-0.39, 0.29) is 0 Å². The standard InChI is InChI=1S/C54H112N6O8S2Si2/c1-17-63-71(64-18-2,41-23-27-57-53(15)45-49(9)10)67-37-33-60(34-38-68-72(65-19-3,66-20-4)42-24-28-58-54(16)46-50(11)12)30-29-59(31-35-61-69-39-21-25-55-51(13)43-47(5)6)32-36-62-70-40-22-26-56-52(14)44-48(7)8/h47-50H,17-46H2,1-16H3/b55-51+,56-52+,57-53+,58-54+. The third kappa shape index (κ3) is 41.6. The molecule has 0 bridgehead atoms. The van der Waals surface area contributed by atoms with Gasteiger partial charge in [-0.2, -0.15) is 0 Å². The fourth-order valence-corrected chi connectivity index (χ4v) is 14.5. The Morgan fingerprint density at radius 1 is 0.389 bits per heavy atom. The van der Waals surface area contributed by atoms with Gasteiger partial charge in [0.05, 0.1) is 26.4 Å². The summed E-state index contributed by atoms with van der Waals surface area (Å²) in [5.74, 6) is 4.29. The summed E-state index contributed by atoms with van der Waals surface area (Å²) in [4.78, 5) is 24.1. The molecule has 0 amide bonds. The second kappa shape index (κ2) is 46.5. The van der Waals surface area contributed by atoms with E-state index in [1.165, 1.54) is 22.8 Å². The zero-order valence-electron chi connectivity index (χ0n) is 49.3. The fraction of sp³-hybridized carbons (Fsp3) is 0.926. The lowest BCUT2D eigenvalue weighted by atomic mass is 10.1. The minimum atomic E-state index is -2.96. The monoisotopic (exact) mass is 1090 g/mol. The number of rotatable bonds is 51. The smallest absolute Gasteiger partial charge is 0.374 e. The lowest BCUT2D eigenvalue weighted by Crippen LogP contribution is -2.49. The molecule has 0 spiro atoms. The first-order chi connectivity index (χ1) is 34.4. The van der Waals surface area contributed by atoms with Crippen LogP contribution >= 0.6 is 24.1 Å². The number of hydrogen-bond donors (Lipinski definition) is 0. The van der Waals surface area contributed by atoms with Gasteiger partial charge in [0.15, 0.2) is 0 Å². The van der Waals surface area contributed by atoms with Gasteiger partial charge in [0.25, 0.3) is 0 Å². The highest BCUT2D eigenvalue weighted by atomic mass is 32.2. The van der Waals surface area contributed by atoms with Crippen LogP contribution in [-0.4, -0.2) is 180 Å². The highest BCUT2D eigenvalue weighted by Crippen LogP contribution is 2.21. The average Bonchev–Trinajstić information content (AvgIpc) is 3.29. The molecular weight excluding hydrogens is 981 g/mol. The van der Waals surface area contributed by atoms with Crippen molar-refractivity contribution in [2.45, 2.75) is 174 Å². The Kier molecular flexibility index (Phi) is 46.1. The summed E-state index contributed by atoms with van der Waals surface area (Å²) in [6.07, 6.45) is 7.86. The molecule has 0 aliphatic carbocycles. The van der Waals surface area contributed by atoms with E-state index < -0.39 is 17.6 Å². The van der Waals surface area contributed by atoms with E-state index in [0.29, 0.717) is 89.6 Å². The summed E-state index contributed by atoms with van der Waals surface area (Å²) >= 11 is 3.11. The number of nitrogens with zero attached hydrogens (tertiary/aromatic N) is 6. The predicted octanol–water partition coefficient (Wildman–Crippen LogP) is 12.6. The summed E-state index contributed by atoms with van der Waals surface area (Å²) in [5.41, 5.74) is 4.86. The molecule has 0 rings (SSSR count). The van der Waals surface area contributed by atoms with Crippen LogP contribution in [0.2, 0.25) is 12.1 Å². The zero-order valence-corrected chi connectivity index (χ0v) is 52.9. The van der Waals surface area contributed by atoms with Crippen molar-refractivity contribution >= 4 is 64.5 Å². The normalized spacial score (nSPS) is 13.8. The fourth-order valence-electron chi connectivity index (χ4n) is 8.28. The summed E-state index contributed by atoms with van der Waals surface area (Å²) < 4.78 is 51.5. The Bertz CT molecular complexity index is 1310. The quantitative estimate of drug-likeness (QED) is 0.0249. The minimum absolute atomic E-state index is 0.483. The first-order valence-electron chi connectivity index (χ1n) is 28.2. The molecule has 0 aliphatic heterocycles. The molecule has 0 atom stereocenters. The summed E-state index contributed by atoms with van der Waals surface area (Å²) in [6, 6.07) is 1.46. The van der Waals surface area contributed by atoms with Gasteiger partial charge in [-0.05, 0) is 155 Å². The van der Waals surface area contributed by atoms with E-state index in [9.17, 15) is 0 Å². The van der Waals surface area contributed by atoms with Crippen molar-refractivity contribution < 1.29 is 34.9 Å². The Hall–Kier alpha value is -0.586. The van der Waals surface area contributed by atoms with Gasteiger partial charge in [-0.25, -0.2) is 0 Å². The minimum Gasteiger partial charge on any atom is -0.374 e. The molecule has 0 aromatic heterocycles. The van der Waals surface area contributed by atoms with Gasteiger partial charge >= 0.3 is 17.6 Å². The lowest BCUT2D eigenvalue weighted by molar-refractivity contribution is 0.0435. The Morgan fingerprint density at radius 2 is 0.667 bits per heavy atom. The lowest BCUT2D eigenvalue weighted by Gasteiger charge is -2.33. The molecule has 0 aliphatic rings. The van der Waals surface area contributed by atoms with Gasteiger partial charge in [0.2, 0.25) is 0 Å². The van der Waals surface area contributed by atoms with Gasteiger partial charge < -0.3 is 34.9 Å². The van der Waals surface area contributed by atoms with E-state index in [1.807, 2.05) is 27.7 Å². The number of hydrogen-bond acceptors (Lipinski definition) is 16. The largest absolute Gasteiger partial charge is 0.501 e. The van der Waals surface area contributed by atoms with Gasteiger partial charge in [-0.15, -0.1) is 0 Å². The van der Waals surface area contributed by atoms with Crippen LogP contribution in [-0.2, 0) is 34.9 Å². The van der Waals surface area contributed by atoms with Crippen LogP contribution in [0.15, 0.2) is 20.0 Å². The van der Waals surface area contributed by atoms with E-state index >= 15 is 0 Å². The van der Waals surface area contributed by atoms with Crippen molar-refractivity contribution in [3.63, 3.8) is 0 Å². The van der Waals surface area contributed by atoms with Crippen LogP contribution in [0.3, 0.4) is 0 Å². The second-order valence-corrected chi connectivity index (χ2v) is 27.8. The van der Waals surface area contributed by atoms with Gasteiger partial charge in [-0.3, -0.25) is 29.8 Å². The van der Waals surface area contributed by atoms with Crippen LogP contribution in [0.25, 0.3) is 0 Å². The maximum atomic E-state index is 6.79. The highest BCUT2D eigenvalue weighted by molar-refractivity contribution is 7.94. The first-order valence-corrected chi connectivity index (χ1v) is 33.9. The average molecular weight is 1090 g/mol. The maximum Gasteiger partial charge on any atom is 0.501 e. The van der Waals surface area contributed by atoms with Crippen LogP contribution in [0, 0.1) is 23.7 Å². The molecule has 18 heteroatoms. The Balaban J connectivity index is 6.21. The molecule has 426 valence electrons. The molecule has 14 nitrogen and oxygen atoms in total. The highest BCUT2D eigenvalue weighted by Gasteiger charge is 2.41. The van der Waals surface area contributed by atoms with Crippen molar-refractivity contribution in [3.8, 4) is 0 Å². The van der Waals surface area contributed by atoms with E-state index in [2.05, 4.69) is 92.9 Å². The molecule has 0 fully saturated rings. The van der Waals surface area contributed by atoms with Crippen molar-refractivity contribution in [2.24, 2.45) is 43.6 Å². The van der Waals surface area contributed by atoms with Gasteiger partial charge in [0, 0.05) is 138 Å². The third-order valence-corrected chi connectivity index (χ3v) is 18.9. The maximum absolute atomic E-state index is 6.79. The second-order valence-electron chi connectivity index (χ2n) is 20.5.